The number of amides is 1. The Morgan fingerprint density at radius 1 is 1.19 bits per heavy atom. The molecule has 0 unspecified atom stereocenters. The van der Waals surface area contributed by atoms with Crippen LogP contribution in [0.1, 0.15) is 18.4 Å². The SMILES string of the molecule is Cc1cccc2c(=O)n(CCC(=O)N3CCCN(S(C)(=O)=O)CC3)cnc12. The van der Waals surface area contributed by atoms with Crippen molar-refractivity contribution in [3.63, 3.8) is 0 Å². The highest BCUT2D eigenvalue weighted by atomic mass is 32.2. The number of hydrogen-bond acceptors (Lipinski definition) is 5. The smallest absolute Gasteiger partial charge is 0.261 e. The number of sulfonamides is 1. The van der Waals surface area contributed by atoms with Gasteiger partial charge in [0.15, 0.2) is 0 Å². The minimum Gasteiger partial charge on any atom is -0.341 e. The topological polar surface area (TPSA) is 92.6 Å². The van der Waals surface area contributed by atoms with Gasteiger partial charge >= 0.3 is 0 Å². The summed E-state index contributed by atoms with van der Waals surface area (Å²) in [4.78, 5) is 31.2. The number of para-hydroxylation sites is 1. The predicted octanol–water partition coefficient (Wildman–Crippen LogP) is 0.589. The average Bonchev–Trinajstić information content (AvgIpc) is 2.88. The highest BCUT2D eigenvalue weighted by Crippen LogP contribution is 2.12. The third-order valence-corrected chi connectivity index (χ3v) is 6.20. The molecule has 0 N–H and O–H groups in total. The van der Waals surface area contributed by atoms with E-state index in [-0.39, 0.29) is 24.4 Å². The van der Waals surface area contributed by atoms with Crippen LogP contribution in [0.4, 0.5) is 0 Å². The first kappa shape index (κ1) is 19.5. The fourth-order valence-corrected chi connectivity index (χ4v) is 4.22. The number of nitrogens with zero attached hydrogens (tertiary/aromatic N) is 4. The lowest BCUT2D eigenvalue weighted by Crippen LogP contribution is -2.37. The molecule has 3 rings (SSSR count). The van der Waals surface area contributed by atoms with Crippen molar-refractivity contribution in [2.75, 3.05) is 32.4 Å². The Hall–Kier alpha value is -2.26. The van der Waals surface area contributed by atoms with Crippen LogP contribution in [0.3, 0.4) is 0 Å². The summed E-state index contributed by atoms with van der Waals surface area (Å²) in [6.45, 7) is 3.78. The van der Waals surface area contributed by atoms with Gasteiger partial charge in [-0.25, -0.2) is 17.7 Å². The van der Waals surface area contributed by atoms with E-state index in [1.807, 2.05) is 19.1 Å². The Balaban J connectivity index is 1.67. The summed E-state index contributed by atoms with van der Waals surface area (Å²) in [7, 11) is -3.24. The molecule has 1 aromatic carbocycles. The van der Waals surface area contributed by atoms with Crippen LogP contribution < -0.4 is 5.56 Å². The molecule has 1 aliphatic rings. The fourth-order valence-electron chi connectivity index (χ4n) is 3.35. The lowest BCUT2D eigenvalue weighted by atomic mass is 10.1. The molecule has 1 aromatic heterocycles. The second-order valence-corrected chi connectivity index (χ2v) is 8.84. The largest absolute Gasteiger partial charge is 0.341 e. The number of carbonyl (C=O) groups is 1. The second-order valence-electron chi connectivity index (χ2n) is 6.86. The molecule has 9 heteroatoms. The number of rotatable bonds is 4. The lowest BCUT2D eigenvalue weighted by Gasteiger charge is -2.21. The molecule has 0 bridgehead atoms. The molecule has 0 spiro atoms. The van der Waals surface area contributed by atoms with Gasteiger partial charge in [0.2, 0.25) is 15.9 Å². The standard InChI is InChI=1S/C18H24N4O4S/c1-14-5-3-6-15-17(14)19-13-21(18(15)24)10-7-16(23)20-8-4-9-22(12-11-20)27(2,25)26/h3,5-6,13H,4,7-12H2,1-2H3. The van der Waals surface area contributed by atoms with E-state index < -0.39 is 10.0 Å². The third-order valence-electron chi connectivity index (χ3n) is 4.90. The molecule has 2 heterocycles. The number of benzene rings is 1. The minimum atomic E-state index is -3.24. The van der Waals surface area contributed by atoms with Crippen molar-refractivity contribution in [1.29, 1.82) is 0 Å². The first-order valence-corrected chi connectivity index (χ1v) is 10.8. The molecule has 0 saturated carbocycles. The second kappa shape index (κ2) is 7.77. The molecule has 1 saturated heterocycles. The third kappa shape index (κ3) is 4.36. The first-order valence-electron chi connectivity index (χ1n) is 8.95. The molecule has 27 heavy (non-hydrogen) atoms. The summed E-state index contributed by atoms with van der Waals surface area (Å²) in [6, 6.07) is 5.47. The van der Waals surface area contributed by atoms with Gasteiger partial charge in [0.05, 0.1) is 23.5 Å². The molecule has 8 nitrogen and oxygen atoms in total. The Morgan fingerprint density at radius 3 is 2.70 bits per heavy atom. The Bertz CT molecular complexity index is 1020. The van der Waals surface area contributed by atoms with Crippen molar-refractivity contribution in [2.24, 2.45) is 0 Å². The first-order chi connectivity index (χ1) is 12.8. The van der Waals surface area contributed by atoms with E-state index in [2.05, 4.69) is 4.98 Å². The summed E-state index contributed by atoms with van der Waals surface area (Å²) in [5, 5.41) is 0.545. The van der Waals surface area contributed by atoms with Gasteiger partial charge in [-0.3, -0.25) is 14.2 Å². The van der Waals surface area contributed by atoms with Crippen molar-refractivity contribution in [2.45, 2.75) is 26.3 Å². The molecule has 0 aliphatic carbocycles. The summed E-state index contributed by atoms with van der Waals surface area (Å²) in [5.41, 5.74) is 1.46. The minimum absolute atomic E-state index is 0.0819. The van der Waals surface area contributed by atoms with Gasteiger partial charge in [-0.1, -0.05) is 12.1 Å². The Labute approximate surface area is 158 Å². The van der Waals surface area contributed by atoms with Crippen LogP contribution in [0.2, 0.25) is 0 Å². The lowest BCUT2D eigenvalue weighted by molar-refractivity contribution is -0.131. The van der Waals surface area contributed by atoms with Gasteiger partial charge in [-0.2, -0.15) is 0 Å². The number of carbonyl (C=O) groups excluding carboxylic acids is 1. The summed E-state index contributed by atoms with van der Waals surface area (Å²) in [6.07, 6.45) is 3.46. The molecule has 146 valence electrons. The monoisotopic (exact) mass is 392 g/mol. The van der Waals surface area contributed by atoms with E-state index in [0.717, 1.165) is 5.56 Å². The number of aryl methyl sites for hydroxylation is 2. The van der Waals surface area contributed by atoms with E-state index in [1.54, 1.807) is 11.0 Å². The highest BCUT2D eigenvalue weighted by Gasteiger charge is 2.23. The van der Waals surface area contributed by atoms with Crippen LogP contribution in [-0.4, -0.2) is 65.5 Å². The van der Waals surface area contributed by atoms with Crippen LogP contribution in [-0.2, 0) is 21.4 Å². The van der Waals surface area contributed by atoms with Gasteiger partial charge in [-0.05, 0) is 25.0 Å². The van der Waals surface area contributed by atoms with E-state index in [1.165, 1.54) is 21.5 Å². The highest BCUT2D eigenvalue weighted by molar-refractivity contribution is 7.88. The van der Waals surface area contributed by atoms with Crippen molar-refractivity contribution in [3.05, 3.63) is 40.4 Å². The molecular weight excluding hydrogens is 368 g/mol. The van der Waals surface area contributed by atoms with E-state index in [0.29, 0.717) is 43.5 Å². The number of fused-ring (bicyclic) bond motifs is 1. The maximum Gasteiger partial charge on any atom is 0.261 e. The van der Waals surface area contributed by atoms with Gasteiger partial charge in [-0.15, -0.1) is 0 Å². The zero-order chi connectivity index (χ0) is 19.6. The zero-order valence-corrected chi connectivity index (χ0v) is 16.4. The quantitative estimate of drug-likeness (QED) is 0.759. The Kier molecular flexibility index (Phi) is 5.61. The average molecular weight is 392 g/mol. The summed E-state index contributed by atoms with van der Waals surface area (Å²) in [5.74, 6) is -0.0819. The normalized spacial score (nSPS) is 16.4. The van der Waals surface area contributed by atoms with Crippen LogP contribution >= 0.6 is 0 Å². The molecule has 0 atom stereocenters. The molecule has 2 aromatic rings. The Morgan fingerprint density at radius 2 is 1.96 bits per heavy atom. The van der Waals surface area contributed by atoms with E-state index >= 15 is 0 Å². The van der Waals surface area contributed by atoms with Crippen molar-refractivity contribution in [3.8, 4) is 0 Å². The molecule has 1 fully saturated rings. The van der Waals surface area contributed by atoms with Crippen molar-refractivity contribution in [1.82, 2.24) is 18.8 Å². The molecule has 0 radical (unpaired) electrons. The van der Waals surface area contributed by atoms with Crippen molar-refractivity contribution >= 4 is 26.8 Å². The predicted molar refractivity (Wildman–Crippen MR) is 103 cm³/mol. The summed E-state index contributed by atoms with van der Waals surface area (Å²) >= 11 is 0. The van der Waals surface area contributed by atoms with Gasteiger partial charge in [0.1, 0.15) is 0 Å². The molecule has 1 amide bonds. The van der Waals surface area contributed by atoms with Crippen LogP contribution in [0.5, 0.6) is 0 Å². The summed E-state index contributed by atoms with van der Waals surface area (Å²) < 4.78 is 26.2. The molecule has 1 aliphatic heterocycles. The van der Waals surface area contributed by atoms with Gasteiger partial charge < -0.3 is 4.90 Å². The van der Waals surface area contributed by atoms with Crippen LogP contribution in [0, 0.1) is 6.92 Å². The number of hydrogen-bond donors (Lipinski definition) is 0. The van der Waals surface area contributed by atoms with Crippen molar-refractivity contribution < 1.29 is 13.2 Å². The maximum atomic E-state index is 12.6. The molecular formula is C18H24N4O4S. The fraction of sp³-hybridized carbons (Fsp3) is 0.500. The zero-order valence-electron chi connectivity index (χ0n) is 15.6. The van der Waals surface area contributed by atoms with Crippen LogP contribution in [0.15, 0.2) is 29.3 Å². The van der Waals surface area contributed by atoms with Gasteiger partial charge in [0, 0.05) is 39.1 Å². The number of aromatic nitrogens is 2. The van der Waals surface area contributed by atoms with Crippen LogP contribution in [0.25, 0.3) is 10.9 Å². The van der Waals surface area contributed by atoms with Gasteiger partial charge in [0.25, 0.3) is 5.56 Å². The van der Waals surface area contributed by atoms with E-state index in [4.69, 9.17) is 0 Å². The van der Waals surface area contributed by atoms with E-state index in [9.17, 15) is 18.0 Å². The maximum absolute atomic E-state index is 12.6.